The van der Waals surface area contributed by atoms with E-state index >= 15 is 0 Å². The number of allylic oxidation sites excluding steroid dienone is 1. The normalized spacial score (nSPS) is 13.4. The lowest BCUT2D eigenvalue weighted by Gasteiger charge is -2.09. The lowest BCUT2D eigenvalue weighted by Crippen LogP contribution is -2.34. The van der Waals surface area contributed by atoms with Gasteiger partial charge in [-0.2, -0.15) is 5.26 Å². The molecule has 0 saturated heterocycles. The fraction of sp³-hybridized carbons (Fsp3) is 0.235. The number of hydrogen-bond acceptors (Lipinski definition) is 6. The van der Waals surface area contributed by atoms with Gasteiger partial charge in [-0.15, -0.1) is 0 Å². The number of aliphatic hydroxyl groups is 2. The van der Waals surface area contributed by atoms with Gasteiger partial charge in [-0.25, -0.2) is 13.1 Å². The summed E-state index contributed by atoms with van der Waals surface area (Å²) in [7, 11) is -2.25. The maximum atomic E-state index is 12.1. The third-order valence-electron chi connectivity index (χ3n) is 3.57. The zero-order chi connectivity index (χ0) is 18.4. The van der Waals surface area contributed by atoms with E-state index in [9.17, 15) is 13.5 Å². The Labute approximate surface area is 146 Å². The number of hydrogen-bond donors (Lipinski definition) is 4. The smallest absolute Gasteiger partial charge is 0.250 e. The summed E-state index contributed by atoms with van der Waals surface area (Å²) in [6, 6.07) is 12.8. The molecule has 25 heavy (non-hydrogen) atoms. The Balaban J connectivity index is 2.32. The van der Waals surface area contributed by atoms with Crippen LogP contribution in [0.1, 0.15) is 5.56 Å². The Morgan fingerprint density at radius 1 is 1.28 bits per heavy atom. The first-order valence-electron chi connectivity index (χ1n) is 7.51. The van der Waals surface area contributed by atoms with Gasteiger partial charge in [-0.1, -0.05) is 18.2 Å². The molecular weight excluding hydrogens is 342 g/mol. The fourth-order valence-electron chi connectivity index (χ4n) is 2.18. The number of nitriles is 1. The number of nitrogens with zero attached hydrogens (tertiary/aromatic N) is 1. The molecule has 2 aromatic rings. The van der Waals surface area contributed by atoms with Crippen molar-refractivity contribution in [3.8, 4) is 6.07 Å². The summed E-state index contributed by atoms with van der Waals surface area (Å²) in [5.41, 5.74) is 1.53. The second-order valence-corrected chi connectivity index (χ2v) is 7.12. The third-order valence-corrected chi connectivity index (χ3v) is 4.91. The third kappa shape index (κ3) is 4.78. The van der Waals surface area contributed by atoms with Crippen molar-refractivity contribution >= 4 is 32.6 Å². The van der Waals surface area contributed by atoms with Crippen LogP contribution in [0.25, 0.3) is 16.8 Å². The second kappa shape index (κ2) is 8.09. The van der Waals surface area contributed by atoms with E-state index in [0.29, 0.717) is 5.56 Å². The van der Waals surface area contributed by atoms with Gasteiger partial charge >= 0.3 is 0 Å². The van der Waals surface area contributed by atoms with Gasteiger partial charge in [0.15, 0.2) is 4.91 Å². The summed E-state index contributed by atoms with van der Waals surface area (Å²) in [5.74, 6) is 0. The highest BCUT2D eigenvalue weighted by atomic mass is 32.2. The number of nitrogens with one attached hydrogen (secondary N) is 2. The van der Waals surface area contributed by atoms with Crippen LogP contribution in [0, 0.1) is 11.3 Å². The van der Waals surface area contributed by atoms with Gasteiger partial charge in [0, 0.05) is 19.3 Å². The van der Waals surface area contributed by atoms with E-state index in [-0.39, 0.29) is 6.54 Å². The SMILES string of the molecule is CNc1ccc2cc(/C=C(\C#N)S(=O)(=O)NCC(O)CO)ccc2c1. The standard InChI is InChI=1S/C17H19N3O4S/c1-19-15-5-4-13-6-12(2-3-14(13)8-15)7-17(9-18)25(23,24)20-10-16(22)11-21/h2-8,16,19-22H,10-11H2,1H3/b17-7+. The Hall–Kier alpha value is -2.44. The molecule has 0 aliphatic rings. The highest BCUT2D eigenvalue weighted by molar-refractivity contribution is 7.93. The molecule has 0 bridgehead atoms. The average Bonchev–Trinajstić information content (AvgIpc) is 2.63. The molecule has 4 N–H and O–H groups in total. The van der Waals surface area contributed by atoms with Crippen molar-refractivity contribution in [2.24, 2.45) is 0 Å². The van der Waals surface area contributed by atoms with E-state index in [1.54, 1.807) is 18.2 Å². The maximum absolute atomic E-state index is 12.1. The molecule has 2 rings (SSSR count). The summed E-state index contributed by atoms with van der Waals surface area (Å²) in [6.07, 6.45) is 0.0378. The minimum atomic E-state index is -4.07. The minimum Gasteiger partial charge on any atom is -0.394 e. The van der Waals surface area contributed by atoms with Crippen LogP contribution < -0.4 is 10.0 Å². The molecule has 7 nitrogen and oxygen atoms in total. The molecule has 0 spiro atoms. The monoisotopic (exact) mass is 361 g/mol. The van der Waals surface area contributed by atoms with E-state index in [1.165, 1.54) is 6.08 Å². The van der Waals surface area contributed by atoms with Gasteiger partial charge in [0.1, 0.15) is 6.07 Å². The molecule has 0 aromatic heterocycles. The fourth-order valence-corrected chi connectivity index (χ4v) is 3.16. The first kappa shape index (κ1) is 18.9. The van der Waals surface area contributed by atoms with Gasteiger partial charge < -0.3 is 15.5 Å². The molecule has 0 fully saturated rings. The van der Waals surface area contributed by atoms with Gasteiger partial charge in [-0.05, 0) is 40.6 Å². The Kier molecular flexibility index (Phi) is 6.12. The van der Waals surface area contributed by atoms with Crippen LogP contribution in [0.15, 0.2) is 41.3 Å². The van der Waals surface area contributed by atoms with E-state index in [4.69, 9.17) is 10.4 Å². The molecule has 0 saturated carbocycles. The van der Waals surface area contributed by atoms with Crippen LogP contribution in [0.5, 0.6) is 0 Å². The lowest BCUT2D eigenvalue weighted by molar-refractivity contribution is 0.0989. The van der Waals surface area contributed by atoms with Crippen molar-refractivity contribution in [2.75, 3.05) is 25.5 Å². The van der Waals surface area contributed by atoms with Crippen LogP contribution in [-0.4, -0.2) is 44.9 Å². The van der Waals surface area contributed by atoms with Gasteiger partial charge in [0.25, 0.3) is 10.0 Å². The predicted octanol–water partition coefficient (Wildman–Crippen LogP) is 1.02. The van der Waals surface area contributed by atoms with Gasteiger partial charge in [-0.3, -0.25) is 0 Å². The molecule has 1 atom stereocenters. The van der Waals surface area contributed by atoms with Gasteiger partial charge in [0.2, 0.25) is 0 Å². The Morgan fingerprint density at radius 3 is 2.60 bits per heavy atom. The number of rotatable bonds is 7. The van der Waals surface area contributed by atoms with Crippen LogP contribution in [0.4, 0.5) is 5.69 Å². The van der Waals surface area contributed by atoms with Crippen molar-refractivity contribution in [2.45, 2.75) is 6.10 Å². The van der Waals surface area contributed by atoms with E-state index < -0.39 is 27.6 Å². The minimum absolute atomic E-state index is 0.373. The summed E-state index contributed by atoms with van der Waals surface area (Å²) in [6.45, 7) is -0.949. The lowest BCUT2D eigenvalue weighted by atomic mass is 10.1. The highest BCUT2D eigenvalue weighted by Crippen LogP contribution is 2.22. The van der Waals surface area contributed by atoms with Crippen molar-refractivity contribution in [1.29, 1.82) is 5.26 Å². The molecule has 8 heteroatoms. The molecule has 132 valence electrons. The van der Waals surface area contributed by atoms with Crippen LogP contribution >= 0.6 is 0 Å². The zero-order valence-electron chi connectivity index (χ0n) is 13.6. The maximum Gasteiger partial charge on any atom is 0.250 e. The first-order valence-corrected chi connectivity index (χ1v) is 9.00. The molecule has 0 aliphatic heterocycles. The number of benzene rings is 2. The molecule has 0 heterocycles. The molecule has 1 unspecified atom stereocenters. The molecule has 0 radical (unpaired) electrons. The average molecular weight is 361 g/mol. The Morgan fingerprint density at radius 2 is 1.96 bits per heavy atom. The predicted molar refractivity (Wildman–Crippen MR) is 97.1 cm³/mol. The molecular formula is C17H19N3O4S. The van der Waals surface area contributed by atoms with Crippen LogP contribution in [-0.2, 0) is 10.0 Å². The van der Waals surface area contributed by atoms with Crippen molar-refractivity contribution in [3.05, 3.63) is 46.9 Å². The topological polar surface area (TPSA) is 122 Å². The summed E-state index contributed by atoms with van der Waals surface area (Å²) in [5, 5.41) is 32.1. The van der Waals surface area contributed by atoms with Crippen LogP contribution in [0.3, 0.4) is 0 Å². The summed E-state index contributed by atoms with van der Waals surface area (Å²) < 4.78 is 26.4. The Bertz CT molecular complexity index is 933. The van der Waals surface area contributed by atoms with E-state index in [2.05, 4.69) is 10.0 Å². The number of fused-ring (bicyclic) bond motifs is 1. The number of sulfonamides is 1. The molecule has 0 amide bonds. The highest BCUT2D eigenvalue weighted by Gasteiger charge is 2.18. The van der Waals surface area contributed by atoms with E-state index in [0.717, 1.165) is 16.5 Å². The van der Waals surface area contributed by atoms with Gasteiger partial charge in [0.05, 0.1) is 12.7 Å². The first-order chi connectivity index (χ1) is 11.9. The number of anilines is 1. The largest absolute Gasteiger partial charge is 0.394 e. The quantitative estimate of drug-likeness (QED) is 0.546. The molecule has 0 aliphatic carbocycles. The summed E-state index contributed by atoms with van der Waals surface area (Å²) >= 11 is 0. The van der Waals surface area contributed by atoms with Crippen molar-refractivity contribution < 1.29 is 18.6 Å². The van der Waals surface area contributed by atoms with E-state index in [1.807, 2.05) is 31.3 Å². The van der Waals surface area contributed by atoms with Crippen molar-refractivity contribution in [3.63, 3.8) is 0 Å². The zero-order valence-corrected chi connectivity index (χ0v) is 14.4. The van der Waals surface area contributed by atoms with Crippen molar-refractivity contribution in [1.82, 2.24) is 4.72 Å². The molecule has 2 aromatic carbocycles. The number of aliphatic hydroxyl groups excluding tert-OH is 2. The summed E-state index contributed by atoms with van der Waals surface area (Å²) in [4.78, 5) is -0.469. The second-order valence-electron chi connectivity index (χ2n) is 5.38. The van der Waals surface area contributed by atoms with Crippen LogP contribution in [0.2, 0.25) is 0 Å².